The SMILES string of the molecule is CCCCCOc1ccc(CN2C(=O)C3(OCCO3)c3ccc(Cl)c(Cl)c32)cc1. The standard InChI is InChI=1S/C22H23Cl2NO4/c1-2-3-4-11-27-16-7-5-15(6-8-16)14-25-20-17(9-10-18(23)19(20)24)22(21(25)26)28-12-13-29-22/h5-10H,2-4,11-14H2,1H3. The van der Waals surface area contributed by atoms with Gasteiger partial charge in [0.1, 0.15) is 5.75 Å². The molecule has 7 heteroatoms. The number of halogens is 2. The molecule has 2 aromatic rings. The third-order valence-corrected chi connectivity index (χ3v) is 5.99. The third kappa shape index (κ3) is 3.73. The summed E-state index contributed by atoms with van der Waals surface area (Å²) in [5, 5.41) is 0.707. The zero-order valence-corrected chi connectivity index (χ0v) is 17.8. The van der Waals surface area contributed by atoms with Gasteiger partial charge >= 0.3 is 0 Å². The topological polar surface area (TPSA) is 48.0 Å². The van der Waals surface area contributed by atoms with Crippen molar-refractivity contribution >= 4 is 34.8 Å². The van der Waals surface area contributed by atoms with E-state index in [0.717, 1.165) is 30.6 Å². The lowest BCUT2D eigenvalue weighted by Crippen LogP contribution is -2.40. The van der Waals surface area contributed by atoms with Crippen molar-refractivity contribution in [1.82, 2.24) is 0 Å². The second-order valence-electron chi connectivity index (χ2n) is 7.16. The Morgan fingerprint density at radius 1 is 1.07 bits per heavy atom. The Bertz CT molecular complexity index is 894. The average molecular weight is 436 g/mol. The van der Waals surface area contributed by atoms with E-state index in [2.05, 4.69) is 6.92 Å². The van der Waals surface area contributed by atoms with E-state index >= 15 is 0 Å². The fraction of sp³-hybridized carbons (Fsp3) is 0.409. The molecule has 154 valence electrons. The van der Waals surface area contributed by atoms with E-state index in [1.807, 2.05) is 24.3 Å². The van der Waals surface area contributed by atoms with Crippen molar-refractivity contribution in [3.05, 3.63) is 57.6 Å². The lowest BCUT2D eigenvalue weighted by atomic mass is 10.1. The normalized spacial score (nSPS) is 17.2. The van der Waals surface area contributed by atoms with E-state index in [0.29, 0.717) is 47.7 Å². The first-order chi connectivity index (χ1) is 14.1. The van der Waals surface area contributed by atoms with Crippen LogP contribution < -0.4 is 9.64 Å². The Balaban J connectivity index is 1.56. The number of rotatable bonds is 7. The number of anilines is 1. The average Bonchev–Trinajstić information content (AvgIpc) is 3.30. The predicted octanol–water partition coefficient (Wildman–Crippen LogP) is 5.31. The number of hydrogen-bond acceptors (Lipinski definition) is 4. The molecule has 2 aliphatic heterocycles. The van der Waals surface area contributed by atoms with E-state index in [1.54, 1.807) is 17.0 Å². The minimum absolute atomic E-state index is 0.283. The van der Waals surface area contributed by atoms with Crippen molar-refractivity contribution < 1.29 is 19.0 Å². The molecular formula is C22H23Cl2NO4. The number of fused-ring (bicyclic) bond motifs is 2. The molecule has 29 heavy (non-hydrogen) atoms. The molecule has 0 atom stereocenters. The fourth-order valence-corrected chi connectivity index (χ4v) is 4.14. The fourth-order valence-electron chi connectivity index (χ4n) is 3.72. The van der Waals surface area contributed by atoms with Gasteiger partial charge in [-0.1, -0.05) is 55.1 Å². The molecule has 0 unspecified atom stereocenters. The lowest BCUT2D eigenvalue weighted by Gasteiger charge is -2.22. The van der Waals surface area contributed by atoms with Gasteiger partial charge in [-0.05, 0) is 36.2 Å². The highest BCUT2D eigenvalue weighted by Gasteiger charge is 2.56. The summed E-state index contributed by atoms with van der Waals surface area (Å²) < 4.78 is 17.3. The second kappa shape index (κ2) is 8.52. The molecule has 0 bridgehead atoms. The first-order valence-corrected chi connectivity index (χ1v) is 10.6. The molecular weight excluding hydrogens is 413 g/mol. The zero-order valence-electron chi connectivity index (χ0n) is 16.2. The maximum Gasteiger partial charge on any atom is 0.292 e. The van der Waals surface area contributed by atoms with Crippen molar-refractivity contribution in [2.75, 3.05) is 24.7 Å². The van der Waals surface area contributed by atoms with Crippen LogP contribution in [0.25, 0.3) is 0 Å². The maximum atomic E-state index is 13.3. The number of nitrogens with zero attached hydrogens (tertiary/aromatic N) is 1. The highest BCUT2D eigenvalue weighted by Crippen LogP contribution is 2.51. The van der Waals surface area contributed by atoms with E-state index in [9.17, 15) is 4.79 Å². The van der Waals surface area contributed by atoms with Crippen molar-refractivity contribution in [3.8, 4) is 5.75 Å². The number of amides is 1. The molecule has 0 saturated carbocycles. The van der Waals surface area contributed by atoms with Gasteiger partial charge in [-0.15, -0.1) is 0 Å². The smallest absolute Gasteiger partial charge is 0.292 e. The summed E-state index contributed by atoms with van der Waals surface area (Å²) in [7, 11) is 0. The molecule has 5 nitrogen and oxygen atoms in total. The molecule has 2 aromatic carbocycles. The highest BCUT2D eigenvalue weighted by atomic mass is 35.5. The van der Waals surface area contributed by atoms with Crippen LogP contribution in [0.4, 0.5) is 5.69 Å². The van der Waals surface area contributed by atoms with Gasteiger partial charge in [-0.25, -0.2) is 0 Å². The van der Waals surface area contributed by atoms with Gasteiger partial charge in [0.15, 0.2) is 0 Å². The Kier molecular flexibility index (Phi) is 6.02. The number of hydrogen-bond donors (Lipinski definition) is 0. The quantitative estimate of drug-likeness (QED) is 0.552. The van der Waals surface area contributed by atoms with Crippen LogP contribution in [-0.4, -0.2) is 25.7 Å². The van der Waals surface area contributed by atoms with Gasteiger partial charge in [0, 0.05) is 5.56 Å². The molecule has 4 rings (SSSR count). The van der Waals surface area contributed by atoms with Gasteiger partial charge in [0.2, 0.25) is 0 Å². The minimum Gasteiger partial charge on any atom is -0.494 e. The van der Waals surface area contributed by atoms with Crippen molar-refractivity contribution in [3.63, 3.8) is 0 Å². The summed E-state index contributed by atoms with van der Waals surface area (Å²) in [5.41, 5.74) is 2.09. The van der Waals surface area contributed by atoms with E-state index < -0.39 is 5.79 Å². The Morgan fingerprint density at radius 3 is 2.48 bits per heavy atom. The molecule has 1 fully saturated rings. The number of benzene rings is 2. The number of unbranched alkanes of at least 4 members (excludes halogenated alkanes) is 2. The molecule has 1 saturated heterocycles. The number of carbonyl (C=O) groups excluding carboxylic acids is 1. The molecule has 0 aromatic heterocycles. The van der Waals surface area contributed by atoms with Crippen LogP contribution in [0.15, 0.2) is 36.4 Å². The Morgan fingerprint density at radius 2 is 1.79 bits per heavy atom. The number of ether oxygens (including phenoxy) is 3. The van der Waals surface area contributed by atoms with Gasteiger partial charge < -0.3 is 19.1 Å². The molecule has 0 radical (unpaired) electrons. The van der Waals surface area contributed by atoms with Crippen LogP contribution >= 0.6 is 23.2 Å². The predicted molar refractivity (Wildman–Crippen MR) is 113 cm³/mol. The van der Waals surface area contributed by atoms with Crippen LogP contribution in [0.5, 0.6) is 5.75 Å². The molecule has 0 N–H and O–H groups in total. The maximum absolute atomic E-state index is 13.3. The first kappa shape index (κ1) is 20.5. The van der Waals surface area contributed by atoms with Gasteiger partial charge in [-0.2, -0.15) is 0 Å². The van der Waals surface area contributed by atoms with Crippen molar-refractivity contribution in [1.29, 1.82) is 0 Å². The summed E-state index contributed by atoms with van der Waals surface area (Å²) in [6.45, 7) is 3.90. The molecule has 1 amide bonds. The summed E-state index contributed by atoms with van der Waals surface area (Å²) >= 11 is 12.7. The summed E-state index contributed by atoms with van der Waals surface area (Å²) in [6, 6.07) is 11.1. The Labute approximate surface area is 180 Å². The van der Waals surface area contributed by atoms with Crippen LogP contribution in [0.3, 0.4) is 0 Å². The summed E-state index contributed by atoms with van der Waals surface area (Å²) in [6.07, 6.45) is 3.36. The second-order valence-corrected chi connectivity index (χ2v) is 7.95. The van der Waals surface area contributed by atoms with Crippen molar-refractivity contribution in [2.24, 2.45) is 0 Å². The Hall–Kier alpha value is -1.79. The van der Waals surface area contributed by atoms with Crippen LogP contribution in [0.1, 0.15) is 37.3 Å². The summed E-state index contributed by atoms with van der Waals surface area (Å²) in [5.74, 6) is -0.890. The minimum atomic E-state index is -1.42. The highest BCUT2D eigenvalue weighted by molar-refractivity contribution is 6.44. The molecule has 2 aliphatic rings. The largest absolute Gasteiger partial charge is 0.494 e. The monoisotopic (exact) mass is 435 g/mol. The first-order valence-electron chi connectivity index (χ1n) is 9.87. The van der Waals surface area contributed by atoms with Gasteiger partial charge in [0.05, 0.1) is 42.1 Å². The van der Waals surface area contributed by atoms with E-state index in [-0.39, 0.29) is 5.91 Å². The summed E-state index contributed by atoms with van der Waals surface area (Å²) in [4.78, 5) is 14.9. The van der Waals surface area contributed by atoms with Gasteiger partial charge in [-0.3, -0.25) is 4.79 Å². The van der Waals surface area contributed by atoms with E-state index in [1.165, 1.54) is 0 Å². The van der Waals surface area contributed by atoms with Crippen molar-refractivity contribution in [2.45, 2.75) is 38.5 Å². The number of carbonyl (C=O) groups is 1. The molecule has 0 aliphatic carbocycles. The zero-order chi connectivity index (χ0) is 20.4. The molecule has 1 spiro atoms. The van der Waals surface area contributed by atoms with Crippen LogP contribution in [0.2, 0.25) is 10.0 Å². The lowest BCUT2D eigenvalue weighted by molar-refractivity contribution is -0.180. The molecule has 2 heterocycles. The van der Waals surface area contributed by atoms with Crippen LogP contribution in [0, 0.1) is 0 Å². The van der Waals surface area contributed by atoms with Crippen LogP contribution in [-0.2, 0) is 26.6 Å². The van der Waals surface area contributed by atoms with Gasteiger partial charge in [0.25, 0.3) is 11.7 Å². The third-order valence-electron chi connectivity index (χ3n) is 5.19. The van der Waals surface area contributed by atoms with E-state index in [4.69, 9.17) is 37.4 Å².